The molecular weight excluding hydrogens is 462 g/mol. The van der Waals surface area contributed by atoms with Crippen molar-refractivity contribution in [3.8, 4) is 0 Å². The van der Waals surface area contributed by atoms with Crippen molar-refractivity contribution in [2.75, 3.05) is 23.1 Å². The summed E-state index contributed by atoms with van der Waals surface area (Å²) in [6, 6.07) is 18.3. The molecule has 1 fully saturated rings. The number of amides is 2. The molecule has 0 spiro atoms. The van der Waals surface area contributed by atoms with E-state index in [2.05, 4.69) is 10.0 Å². The van der Waals surface area contributed by atoms with Gasteiger partial charge in [-0.1, -0.05) is 35.9 Å². The third-order valence-electron chi connectivity index (χ3n) is 6.12. The van der Waals surface area contributed by atoms with Crippen LogP contribution in [0.1, 0.15) is 51.1 Å². The monoisotopic (exact) mass is 491 g/mol. The van der Waals surface area contributed by atoms with E-state index in [-0.39, 0.29) is 16.4 Å². The van der Waals surface area contributed by atoms with Gasteiger partial charge in [0.2, 0.25) is 0 Å². The number of aryl methyl sites for hydroxylation is 2. The first-order chi connectivity index (χ1) is 16.7. The highest BCUT2D eigenvalue weighted by Gasteiger charge is 2.22. The second-order valence-electron chi connectivity index (χ2n) is 8.80. The Kier molecular flexibility index (Phi) is 7.21. The molecule has 1 aliphatic heterocycles. The smallest absolute Gasteiger partial charge is 0.261 e. The molecule has 0 radical (unpaired) electrons. The second kappa shape index (κ2) is 10.3. The maximum absolute atomic E-state index is 13.1. The van der Waals surface area contributed by atoms with Gasteiger partial charge in [-0.3, -0.25) is 14.3 Å². The van der Waals surface area contributed by atoms with E-state index in [1.54, 1.807) is 67.6 Å². The average molecular weight is 492 g/mol. The standard InChI is InChI=1S/C27H29N3O4S/c1-19-10-14-22(15-11-19)35(33,34)29-25-18-21(13-12-20(25)2)26(31)28-24-9-5-4-8-23(24)27(32)30-16-6-3-7-17-30/h4-5,8-15,18,29H,3,6-7,16-17H2,1-2H3,(H,28,31). The van der Waals surface area contributed by atoms with Crippen molar-refractivity contribution < 1.29 is 18.0 Å². The Balaban J connectivity index is 1.55. The molecule has 0 aromatic heterocycles. The van der Waals surface area contributed by atoms with Crippen molar-refractivity contribution in [2.45, 2.75) is 38.0 Å². The molecule has 0 bridgehead atoms. The van der Waals surface area contributed by atoms with Crippen LogP contribution < -0.4 is 10.0 Å². The highest BCUT2D eigenvalue weighted by atomic mass is 32.2. The fourth-order valence-corrected chi connectivity index (χ4v) is 5.16. The Hall–Kier alpha value is -3.65. The Morgan fingerprint density at radius 2 is 1.51 bits per heavy atom. The van der Waals surface area contributed by atoms with Crippen molar-refractivity contribution in [1.82, 2.24) is 4.90 Å². The van der Waals surface area contributed by atoms with Crippen LogP contribution in [0.5, 0.6) is 0 Å². The molecule has 2 amide bonds. The molecule has 0 atom stereocenters. The van der Waals surface area contributed by atoms with E-state index in [1.165, 1.54) is 6.07 Å². The number of likely N-dealkylation sites (tertiary alicyclic amines) is 1. The number of hydrogen-bond acceptors (Lipinski definition) is 4. The van der Waals surface area contributed by atoms with Gasteiger partial charge in [-0.05, 0) is 75.1 Å². The zero-order valence-electron chi connectivity index (χ0n) is 19.9. The summed E-state index contributed by atoms with van der Waals surface area (Å²) in [4.78, 5) is 28.1. The van der Waals surface area contributed by atoms with Gasteiger partial charge < -0.3 is 10.2 Å². The molecule has 0 aliphatic carbocycles. The van der Waals surface area contributed by atoms with Crippen LogP contribution in [0.4, 0.5) is 11.4 Å². The van der Waals surface area contributed by atoms with E-state index in [0.717, 1.165) is 24.8 Å². The van der Waals surface area contributed by atoms with Crippen LogP contribution in [0.15, 0.2) is 71.6 Å². The summed E-state index contributed by atoms with van der Waals surface area (Å²) in [7, 11) is -3.82. The molecule has 0 saturated carbocycles. The van der Waals surface area contributed by atoms with Gasteiger partial charge in [-0.15, -0.1) is 0 Å². The van der Waals surface area contributed by atoms with Gasteiger partial charge in [0, 0.05) is 18.7 Å². The molecule has 3 aromatic carbocycles. The number of nitrogens with one attached hydrogen (secondary N) is 2. The fraction of sp³-hybridized carbons (Fsp3) is 0.259. The number of anilines is 2. The van der Waals surface area contributed by atoms with Crippen LogP contribution in [0.25, 0.3) is 0 Å². The number of hydrogen-bond donors (Lipinski definition) is 2. The van der Waals surface area contributed by atoms with E-state index >= 15 is 0 Å². The minimum Gasteiger partial charge on any atom is -0.339 e. The first-order valence-corrected chi connectivity index (χ1v) is 13.1. The molecule has 0 unspecified atom stereocenters. The van der Waals surface area contributed by atoms with Crippen LogP contribution in [0.2, 0.25) is 0 Å². The maximum atomic E-state index is 13.1. The number of piperidine rings is 1. The first kappa shape index (κ1) is 24.5. The summed E-state index contributed by atoms with van der Waals surface area (Å²) in [6.45, 7) is 5.07. The average Bonchev–Trinajstić information content (AvgIpc) is 2.86. The van der Waals surface area contributed by atoms with Crippen LogP contribution in [0, 0.1) is 13.8 Å². The summed E-state index contributed by atoms with van der Waals surface area (Å²) < 4.78 is 28.3. The van der Waals surface area contributed by atoms with Crippen molar-refractivity contribution in [3.63, 3.8) is 0 Å². The SMILES string of the molecule is Cc1ccc(S(=O)(=O)Nc2cc(C(=O)Nc3ccccc3C(=O)N3CCCCC3)ccc2C)cc1. The Bertz CT molecular complexity index is 1350. The van der Waals surface area contributed by atoms with Gasteiger partial charge >= 0.3 is 0 Å². The first-order valence-electron chi connectivity index (χ1n) is 11.6. The molecule has 1 heterocycles. The summed E-state index contributed by atoms with van der Waals surface area (Å²) in [5.74, 6) is -0.532. The molecule has 182 valence electrons. The second-order valence-corrected chi connectivity index (χ2v) is 10.5. The van der Waals surface area contributed by atoms with Gasteiger partial charge in [-0.25, -0.2) is 8.42 Å². The number of para-hydroxylation sites is 1. The quantitative estimate of drug-likeness (QED) is 0.508. The van der Waals surface area contributed by atoms with E-state index in [0.29, 0.717) is 35.6 Å². The number of sulfonamides is 1. The minimum absolute atomic E-state index is 0.101. The normalized spacial score (nSPS) is 13.8. The summed E-state index contributed by atoms with van der Waals surface area (Å²) in [5.41, 5.74) is 3.09. The van der Waals surface area contributed by atoms with Gasteiger partial charge in [0.15, 0.2) is 0 Å². The Morgan fingerprint density at radius 3 is 2.23 bits per heavy atom. The maximum Gasteiger partial charge on any atom is 0.261 e. The predicted octanol–water partition coefficient (Wildman–Crippen LogP) is 4.98. The van der Waals surface area contributed by atoms with Gasteiger partial charge in [0.25, 0.3) is 21.8 Å². The molecular formula is C27H29N3O4S. The molecule has 7 nitrogen and oxygen atoms in total. The molecule has 1 aliphatic rings. The van der Waals surface area contributed by atoms with Crippen LogP contribution >= 0.6 is 0 Å². The highest BCUT2D eigenvalue weighted by molar-refractivity contribution is 7.92. The number of nitrogens with zero attached hydrogens (tertiary/aromatic N) is 1. The minimum atomic E-state index is -3.82. The lowest BCUT2D eigenvalue weighted by molar-refractivity contribution is 0.0725. The molecule has 35 heavy (non-hydrogen) atoms. The van der Waals surface area contributed by atoms with Crippen LogP contribution in [-0.4, -0.2) is 38.2 Å². The zero-order valence-corrected chi connectivity index (χ0v) is 20.7. The fourth-order valence-electron chi connectivity index (χ4n) is 4.03. The number of benzene rings is 3. The van der Waals surface area contributed by atoms with Gasteiger partial charge in [0.05, 0.1) is 21.8 Å². The third kappa shape index (κ3) is 5.71. The molecule has 2 N–H and O–H groups in total. The van der Waals surface area contributed by atoms with Crippen molar-refractivity contribution in [2.24, 2.45) is 0 Å². The number of carbonyl (C=O) groups is 2. The Labute approximate surface area is 206 Å². The zero-order chi connectivity index (χ0) is 25.0. The molecule has 3 aromatic rings. The predicted molar refractivity (Wildman–Crippen MR) is 137 cm³/mol. The molecule has 8 heteroatoms. The topological polar surface area (TPSA) is 95.6 Å². The van der Waals surface area contributed by atoms with Crippen LogP contribution in [0.3, 0.4) is 0 Å². The lowest BCUT2D eigenvalue weighted by Gasteiger charge is -2.27. The van der Waals surface area contributed by atoms with E-state index in [4.69, 9.17) is 0 Å². The third-order valence-corrected chi connectivity index (χ3v) is 7.51. The lowest BCUT2D eigenvalue weighted by atomic mass is 10.1. The largest absolute Gasteiger partial charge is 0.339 e. The number of rotatable bonds is 6. The summed E-state index contributed by atoms with van der Waals surface area (Å²) >= 11 is 0. The van der Waals surface area contributed by atoms with Gasteiger partial charge in [0.1, 0.15) is 0 Å². The molecule has 1 saturated heterocycles. The lowest BCUT2D eigenvalue weighted by Crippen LogP contribution is -2.36. The van der Waals surface area contributed by atoms with Crippen molar-refractivity contribution >= 4 is 33.2 Å². The molecule has 4 rings (SSSR count). The van der Waals surface area contributed by atoms with Crippen molar-refractivity contribution in [3.05, 3.63) is 89.0 Å². The van der Waals surface area contributed by atoms with Crippen LogP contribution in [-0.2, 0) is 10.0 Å². The highest BCUT2D eigenvalue weighted by Crippen LogP contribution is 2.24. The van der Waals surface area contributed by atoms with E-state index in [1.807, 2.05) is 11.8 Å². The Morgan fingerprint density at radius 1 is 0.829 bits per heavy atom. The summed E-state index contributed by atoms with van der Waals surface area (Å²) in [6.07, 6.45) is 3.07. The van der Waals surface area contributed by atoms with Gasteiger partial charge in [-0.2, -0.15) is 0 Å². The van der Waals surface area contributed by atoms with E-state index < -0.39 is 15.9 Å². The van der Waals surface area contributed by atoms with Crippen molar-refractivity contribution in [1.29, 1.82) is 0 Å². The number of carbonyl (C=O) groups excluding carboxylic acids is 2. The van der Waals surface area contributed by atoms with E-state index in [9.17, 15) is 18.0 Å². The summed E-state index contributed by atoms with van der Waals surface area (Å²) in [5, 5.41) is 2.83.